The highest BCUT2D eigenvalue weighted by atomic mass is 14.9. The maximum absolute atomic E-state index is 8.63. The Morgan fingerprint density at radius 1 is 1.31 bits per heavy atom. The lowest BCUT2D eigenvalue weighted by molar-refractivity contribution is 1.25. The quantitative estimate of drug-likeness (QED) is 0.659. The van der Waals surface area contributed by atoms with Crippen LogP contribution in [0.3, 0.4) is 0 Å². The summed E-state index contributed by atoms with van der Waals surface area (Å²) in [4.78, 5) is 7.06. The van der Waals surface area contributed by atoms with Crippen LogP contribution >= 0.6 is 0 Å². The van der Waals surface area contributed by atoms with E-state index in [-0.39, 0.29) is 0 Å². The highest BCUT2D eigenvalue weighted by molar-refractivity contribution is 5.77. The molecule has 0 aliphatic carbocycles. The largest absolute Gasteiger partial charge is 0.329 e. The molecule has 0 aliphatic heterocycles. The maximum Gasteiger partial charge on any atom is 0.211 e. The van der Waals surface area contributed by atoms with Gasteiger partial charge >= 0.3 is 0 Å². The molecular weight excluding hydrogens is 162 g/mol. The molecule has 0 spiro atoms. The molecule has 3 heteroatoms. The lowest BCUT2D eigenvalue weighted by Gasteiger charge is -1.97. The van der Waals surface area contributed by atoms with E-state index in [1.54, 1.807) is 0 Å². The Labute approximate surface area is 76.0 Å². The Morgan fingerprint density at radius 3 is 2.69 bits per heavy atom. The standard InChI is InChI=1S/C10H9N3/c1-6-3-8-9(4-7(6)2)13-10(5-11)12-8/h3-4H,1-2H3,(H,12,13). The molecule has 1 heterocycles. The van der Waals surface area contributed by atoms with Crippen LogP contribution < -0.4 is 0 Å². The summed E-state index contributed by atoms with van der Waals surface area (Å²) >= 11 is 0. The van der Waals surface area contributed by atoms with Gasteiger partial charge in [-0.2, -0.15) is 5.26 Å². The van der Waals surface area contributed by atoms with E-state index in [0.29, 0.717) is 5.82 Å². The second-order valence-corrected chi connectivity index (χ2v) is 3.15. The number of nitrogens with one attached hydrogen (secondary N) is 1. The van der Waals surface area contributed by atoms with Crippen molar-refractivity contribution in [1.82, 2.24) is 9.97 Å². The predicted molar refractivity (Wildman–Crippen MR) is 50.3 cm³/mol. The van der Waals surface area contributed by atoms with Crippen LogP contribution in [0, 0.1) is 25.2 Å². The van der Waals surface area contributed by atoms with E-state index >= 15 is 0 Å². The number of fused-ring (bicyclic) bond motifs is 1. The zero-order chi connectivity index (χ0) is 9.42. The highest BCUT2D eigenvalue weighted by Gasteiger charge is 2.03. The highest BCUT2D eigenvalue weighted by Crippen LogP contribution is 2.16. The second kappa shape index (κ2) is 2.60. The van der Waals surface area contributed by atoms with Crippen molar-refractivity contribution < 1.29 is 0 Å². The summed E-state index contributed by atoms with van der Waals surface area (Å²) < 4.78 is 0. The monoisotopic (exact) mass is 171 g/mol. The topological polar surface area (TPSA) is 52.5 Å². The summed E-state index contributed by atoms with van der Waals surface area (Å²) in [6, 6.07) is 5.99. The van der Waals surface area contributed by atoms with Crippen molar-refractivity contribution >= 4 is 11.0 Å². The Hall–Kier alpha value is -1.82. The van der Waals surface area contributed by atoms with Crippen molar-refractivity contribution in [3.05, 3.63) is 29.1 Å². The van der Waals surface area contributed by atoms with Crippen molar-refractivity contribution in [3.63, 3.8) is 0 Å². The number of imidazole rings is 1. The molecule has 0 amide bonds. The van der Waals surface area contributed by atoms with Gasteiger partial charge in [-0.1, -0.05) is 0 Å². The number of nitriles is 1. The molecule has 0 bridgehead atoms. The van der Waals surface area contributed by atoms with Gasteiger partial charge in [-0.3, -0.25) is 0 Å². The van der Waals surface area contributed by atoms with Gasteiger partial charge in [-0.25, -0.2) is 4.98 Å². The second-order valence-electron chi connectivity index (χ2n) is 3.15. The first kappa shape index (κ1) is 7.81. The maximum atomic E-state index is 8.63. The predicted octanol–water partition coefficient (Wildman–Crippen LogP) is 2.05. The number of nitrogens with zero attached hydrogens (tertiary/aromatic N) is 2. The van der Waals surface area contributed by atoms with Crippen molar-refractivity contribution in [2.45, 2.75) is 13.8 Å². The number of benzene rings is 1. The molecular formula is C10H9N3. The SMILES string of the molecule is Cc1cc2nc(C#N)[nH]c2cc1C. The molecule has 0 aliphatic rings. The summed E-state index contributed by atoms with van der Waals surface area (Å²) in [6.45, 7) is 4.08. The molecule has 1 N–H and O–H groups in total. The first-order valence-corrected chi connectivity index (χ1v) is 4.08. The molecule has 0 saturated heterocycles. The van der Waals surface area contributed by atoms with Gasteiger partial charge in [0.15, 0.2) is 0 Å². The Kier molecular flexibility index (Phi) is 1.56. The molecule has 0 radical (unpaired) electrons. The third-order valence-electron chi connectivity index (χ3n) is 2.20. The molecule has 64 valence electrons. The molecule has 0 saturated carbocycles. The molecule has 0 unspecified atom stereocenters. The summed E-state index contributed by atoms with van der Waals surface area (Å²) in [5.74, 6) is 0.375. The lowest BCUT2D eigenvalue weighted by Crippen LogP contribution is -1.79. The average molecular weight is 171 g/mol. The number of aryl methyl sites for hydroxylation is 2. The minimum atomic E-state index is 0.375. The summed E-state index contributed by atoms with van der Waals surface area (Å²) in [5, 5.41) is 8.63. The minimum Gasteiger partial charge on any atom is -0.329 e. The van der Waals surface area contributed by atoms with Crippen LogP contribution in [0.15, 0.2) is 12.1 Å². The number of aromatic amines is 1. The fraction of sp³-hybridized carbons (Fsp3) is 0.200. The van der Waals surface area contributed by atoms with Crippen LogP contribution in [-0.4, -0.2) is 9.97 Å². The molecule has 1 aromatic heterocycles. The fourth-order valence-electron chi connectivity index (χ4n) is 1.32. The van der Waals surface area contributed by atoms with Crippen molar-refractivity contribution in [2.75, 3.05) is 0 Å². The Morgan fingerprint density at radius 2 is 2.00 bits per heavy atom. The van der Waals surface area contributed by atoms with E-state index in [4.69, 9.17) is 5.26 Å². The van der Waals surface area contributed by atoms with Crippen LogP contribution in [0.4, 0.5) is 0 Å². The first-order valence-electron chi connectivity index (χ1n) is 4.08. The van der Waals surface area contributed by atoms with Crippen molar-refractivity contribution in [1.29, 1.82) is 5.26 Å². The summed E-state index contributed by atoms with van der Waals surface area (Å²) in [6.07, 6.45) is 0. The summed E-state index contributed by atoms with van der Waals surface area (Å²) in [7, 11) is 0. The number of aromatic nitrogens is 2. The molecule has 3 nitrogen and oxygen atoms in total. The molecule has 2 aromatic rings. The molecule has 2 rings (SSSR count). The third-order valence-corrected chi connectivity index (χ3v) is 2.20. The van der Waals surface area contributed by atoms with Crippen LogP contribution in [0.2, 0.25) is 0 Å². The number of hydrogen-bond acceptors (Lipinski definition) is 2. The Balaban J connectivity index is 2.79. The number of hydrogen-bond donors (Lipinski definition) is 1. The zero-order valence-corrected chi connectivity index (χ0v) is 7.55. The van der Waals surface area contributed by atoms with E-state index in [1.807, 2.05) is 32.0 Å². The molecule has 1 aromatic carbocycles. The summed E-state index contributed by atoms with van der Waals surface area (Å²) in [5.41, 5.74) is 4.20. The molecule has 0 fully saturated rings. The van der Waals surface area contributed by atoms with Gasteiger partial charge in [0.1, 0.15) is 6.07 Å². The van der Waals surface area contributed by atoms with E-state index in [1.165, 1.54) is 11.1 Å². The van der Waals surface area contributed by atoms with Gasteiger partial charge in [0.25, 0.3) is 0 Å². The molecule has 13 heavy (non-hydrogen) atoms. The van der Waals surface area contributed by atoms with E-state index in [9.17, 15) is 0 Å². The normalized spacial score (nSPS) is 10.2. The Bertz CT molecular complexity index is 464. The molecule has 0 atom stereocenters. The third kappa shape index (κ3) is 1.17. The van der Waals surface area contributed by atoms with Crippen molar-refractivity contribution in [2.24, 2.45) is 0 Å². The van der Waals surface area contributed by atoms with Crippen molar-refractivity contribution in [3.8, 4) is 6.07 Å². The number of rotatable bonds is 0. The van der Waals surface area contributed by atoms with Gasteiger partial charge < -0.3 is 4.98 Å². The first-order chi connectivity index (χ1) is 6.20. The van der Waals surface area contributed by atoms with Crippen LogP contribution in [0.25, 0.3) is 11.0 Å². The lowest BCUT2D eigenvalue weighted by atomic mass is 10.1. The van der Waals surface area contributed by atoms with Gasteiger partial charge in [0.05, 0.1) is 11.0 Å². The minimum absolute atomic E-state index is 0.375. The number of H-pyrrole nitrogens is 1. The van der Waals surface area contributed by atoms with Gasteiger partial charge in [-0.05, 0) is 37.1 Å². The zero-order valence-electron chi connectivity index (χ0n) is 7.55. The van der Waals surface area contributed by atoms with Crippen LogP contribution in [0.5, 0.6) is 0 Å². The van der Waals surface area contributed by atoms with Crippen LogP contribution in [-0.2, 0) is 0 Å². The van der Waals surface area contributed by atoms with E-state index < -0.39 is 0 Å². The van der Waals surface area contributed by atoms with Gasteiger partial charge in [0, 0.05) is 0 Å². The average Bonchev–Trinajstić information content (AvgIpc) is 2.48. The fourth-order valence-corrected chi connectivity index (χ4v) is 1.32. The van der Waals surface area contributed by atoms with Gasteiger partial charge in [0.2, 0.25) is 5.82 Å². The van der Waals surface area contributed by atoms with E-state index in [2.05, 4.69) is 9.97 Å². The van der Waals surface area contributed by atoms with Crippen LogP contribution in [0.1, 0.15) is 17.0 Å². The van der Waals surface area contributed by atoms with E-state index in [0.717, 1.165) is 11.0 Å². The van der Waals surface area contributed by atoms with Gasteiger partial charge in [-0.15, -0.1) is 0 Å². The smallest absolute Gasteiger partial charge is 0.211 e.